The first kappa shape index (κ1) is 15.8. The Labute approximate surface area is 151 Å². The number of hydrogen-bond acceptors (Lipinski definition) is 3. The molecule has 0 fully saturated rings. The minimum atomic E-state index is 0.440. The molecule has 0 bridgehead atoms. The van der Waals surface area contributed by atoms with Gasteiger partial charge in [0.05, 0.1) is 0 Å². The Morgan fingerprint density at radius 3 is 2.64 bits per heavy atom. The van der Waals surface area contributed by atoms with E-state index in [2.05, 4.69) is 18.2 Å². The third-order valence-corrected chi connectivity index (χ3v) is 4.62. The zero-order valence-electron chi connectivity index (χ0n) is 13.4. The molecule has 0 spiro atoms. The van der Waals surface area contributed by atoms with Crippen LogP contribution in [-0.2, 0) is 6.61 Å². The maximum Gasteiger partial charge on any atom is 0.147 e. The van der Waals surface area contributed by atoms with Crippen molar-refractivity contribution >= 4 is 23.3 Å². The lowest BCUT2D eigenvalue weighted by molar-refractivity contribution is 0.307. The summed E-state index contributed by atoms with van der Waals surface area (Å²) in [6.45, 7) is 0.440. The van der Waals surface area contributed by atoms with Crippen molar-refractivity contribution in [2.45, 2.75) is 6.61 Å². The van der Waals surface area contributed by atoms with Gasteiger partial charge in [-0.1, -0.05) is 54.1 Å². The average Bonchev–Trinajstić information content (AvgIpc) is 2.81. The molecule has 0 amide bonds. The Hall–Kier alpha value is -2.75. The van der Waals surface area contributed by atoms with Gasteiger partial charge in [-0.2, -0.15) is 5.90 Å². The fourth-order valence-corrected chi connectivity index (χ4v) is 3.30. The van der Waals surface area contributed by atoms with Crippen molar-refractivity contribution in [3.63, 3.8) is 0 Å². The summed E-state index contributed by atoms with van der Waals surface area (Å²) >= 11 is 6.43. The molecule has 4 rings (SSSR count). The van der Waals surface area contributed by atoms with E-state index in [9.17, 15) is 0 Å². The highest BCUT2D eigenvalue weighted by Crippen LogP contribution is 2.39. The third kappa shape index (κ3) is 3.00. The Balaban J connectivity index is 1.96. The number of hydrogen-bond donors (Lipinski definition) is 1. The SMILES string of the molecule is NOc1cccc(C=C2c3ccccc3OCc3c(Cl)cccc32)c1. The lowest BCUT2D eigenvalue weighted by atomic mass is 9.92. The number of halogens is 1. The van der Waals surface area contributed by atoms with Crippen LogP contribution >= 0.6 is 11.6 Å². The highest BCUT2D eigenvalue weighted by Gasteiger charge is 2.20. The van der Waals surface area contributed by atoms with Crippen molar-refractivity contribution in [2.75, 3.05) is 0 Å². The first-order valence-electron chi connectivity index (χ1n) is 7.95. The molecule has 3 nitrogen and oxygen atoms in total. The van der Waals surface area contributed by atoms with E-state index in [1.54, 1.807) is 0 Å². The second kappa shape index (κ2) is 6.63. The van der Waals surface area contributed by atoms with Crippen LogP contribution in [0.25, 0.3) is 11.6 Å². The van der Waals surface area contributed by atoms with Crippen molar-refractivity contribution in [2.24, 2.45) is 5.90 Å². The van der Waals surface area contributed by atoms with E-state index >= 15 is 0 Å². The van der Waals surface area contributed by atoms with Gasteiger partial charge in [0.1, 0.15) is 18.1 Å². The Morgan fingerprint density at radius 1 is 0.960 bits per heavy atom. The van der Waals surface area contributed by atoms with Crippen LogP contribution in [0.1, 0.15) is 22.3 Å². The normalized spacial score (nSPS) is 14.2. The van der Waals surface area contributed by atoms with Crippen molar-refractivity contribution in [1.29, 1.82) is 0 Å². The third-order valence-electron chi connectivity index (χ3n) is 4.26. The van der Waals surface area contributed by atoms with Crippen LogP contribution in [0, 0.1) is 0 Å². The van der Waals surface area contributed by atoms with Crippen molar-refractivity contribution in [1.82, 2.24) is 0 Å². The molecule has 2 N–H and O–H groups in total. The number of ether oxygens (including phenoxy) is 1. The van der Waals surface area contributed by atoms with Crippen molar-refractivity contribution in [3.05, 3.63) is 94.0 Å². The molecule has 0 aliphatic carbocycles. The van der Waals surface area contributed by atoms with Gasteiger partial charge in [-0.25, -0.2) is 0 Å². The zero-order valence-corrected chi connectivity index (χ0v) is 14.2. The van der Waals surface area contributed by atoms with Gasteiger partial charge in [0.2, 0.25) is 0 Å². The highest BCUT2D eigenvalue weighted by molar-refractivity contribution is 6.31. The molecule has 3 aromatic rings. The van der Waals surface area contributed by atoms with Gasteiger partial charge in [0, 0.05) is 16.1 Å². The van der Waals surface area contributed by atoms with Gasteiger partial charge in [-0.15, -0.1) is 0 Å². The molecule has 0 aromatic heterocycles. The topological polar surface area (TPSA) is 44.5 Å². The number of para-hydroxylation sites is 1. The fourth-order valence-electron chi connectivity index (χ4n) is 3.07. The van der Waals surface area contributed by atoms with Crippen LogP contribution in [0.15, 0.2) is 66.7 Å². The van der Waals surface area contributed by atoms with E-state index in [1.807, 2.05) is 54.6 Å². The predicted molar refractivity (Wildman–Crippen MR) is 100 cm³/mol. The smallest absolute Gasteiger partial charge is 0.147 e. The van der Waals surface area contributed by atoms with Gasteiger partial charge in [0.15, 0.2) is 0 Å². The molecule has 4 heteroatoms. The van der Waals surface area contributed by atoms with E-state index < -0.39 is 0 Å². The van der Waals surface area contributed by atoms with Crippen LogP contribution in [0.4, 0.5) is 0 Å². The van der Waals surface area contributed by atoms with Gasteiger partial charge in [0.25, 0.3) is 0 Å². The quantitative estimate of drug-likeness (QED) is 0.656. The standard InChI is InChI=1S/C21H16ClNO2/c22-20-9-4-8-16-18(12-14-5-3-6-15(11-14)25-23)17-7-1-2-10-21(17)24-13-19(16)20/h1-12H,13,23H2. The summed E-state index contributed by atoms with van der Waals surface area (Å²) in [4.78, 5) is 4.85. The van der Waals surface area contributed by atoms with Crippen LogP contribution in [0.3, 0.4) is 0 Å². The maximum atomic E-state index is 6.43. The summed E-state index contributed by atoms with van der Waals surface area (Å²) < 4.78 is 6.00. The van der Waals surface area contributed by atoms with E-state index in [0.29, 0.717) is 17.4 Å². The molecular weight excluding hydrogens is 334 g/mol. The monoisotopic (exact) mass is 349 g/mol. The average molecular weight is 350 g/mol. The molecule has 1 aliphatic rings. The molecule has 124 valence electrons. The van der Waals surface area contributed by atoms with Crippen molar-refractivity contribution in [3.8, 4) is 11.5 Å². The predicted octanol–water partition coefficient (Wildman–Crippen LogP) is 5.07. The molecule has 0 radical (unpaired) electrons. The van der Waals surface area contributed by atoms with Gasteiger partial charge >= 0.3 is 0 Å². The Kier molecular flexibility index (Phi) is 4.18. The number of nitrogens with two attached hydrogens (primary N) is 1. The van der Waals surface area contributed by atoms with Gasteiger partial charge in [-0.05, 0) is 47.0 Å². The van der Waals surface area contributed by atoms with Gasteiger partial charge in [-0.3, -0.25) is 0 Å². The molecule has 0 unspecified atom stereocenters. The molecule has 0 saturated heterocycles. The lowest BCUT2D eigenvalue weighted by Gasteiger charge is -2.11. The summed E-state index contributed by atoms with van der Waals surface area (Å²) in [5.74, 6) is 6.74. The second-order valence-electron chi connectivity index (χ2n) is 5.80. The first-order valence-corrected chi connectivity index (χ1v) is 8.32. The van der Waals surface area contributed by atoms with E-state index in [-0.39, 0.29) is 0 Å². The molecule has 25 heavy (non-hydrogen) atoms. The van der Waals surface area contributed by atoms with E-state index in [1.165, 1.54) is 0 Å². The molecule has 3 aromatic carbocycles. The Morgan fingerprint density at radius 2 is 1.76 bits per heavy atom. The van der Waals surface area contributed by atoms with E-state index in [0.717, 1.165) is 33.6 Å². The number of benzene rings is 3. The second-order valence-corrected chi connectivity index (χ2v) is 6.21. The van der Waals surface area contributed by atoms with Crippen LogP contribution in [0.2, 0.25) is 5.02 Å². The molecule has 1 heterocycles. The fraction of sp³-hybridized carbons (Fsp3) is 0.0476. The molecule has 0 atom stereocenters. The van der Waals surface area contributed by atoms with Crippen LogP contribution in [-0.4, -0.2) is 0 Å². The summed E-state index contributed by atoms with van der Waals surface area (Å²) in [5.41, 5.74) is 5.12. The van der Waals surface area contributed by atoms with Gasteiger partial charge < -0.3 is 9.57 Å². The summed E-state index contributed by atoms with van der Waals surface area (Å²) in [5, 5.41) is 0.704. The minimum Gasteiger partial charge on any atom is -0.488 e. The highest BCUT2D eigenvalue weighted by atomic mass is 35.5. The largest absolute Gasteiger partial charge is 0.488 e. The van der Waals surface area contributed by atoms with E-state index in [4.69, 9.17) is 27.1 Å². The summed E-state index contributed by atoms with van der Waals surface area (Å²) in [6, 6.07) is 21.6. The molecule has 1 aliphatic heterocycles. The summed E-state index contributed by atoms with van der Waals surface area (Å²) in [6.07, 6.45) is 2.10. The molecular formula is C21H16ClNO2. The van der Waals surface area contributed by atoms with Crippen molar-refractivity contribution < 1.29 is 9.57 Å². The van der Waals surface area contributed by atoms with Crippen LogP contribution in [0.5, 0.6) is 11.5 Å². The molecule has 0 saturated carbocycles. The number of fused-ring (bicyclic) bond motifs is 2. The zero-order chi connectivity index (χ0) is 17.2. The Bertz CT molecular complexity index is 966. The number of rotatable bonds is 2. The summed E-state index contributed by atoms with van der Waals surface area (Å²) in [7, 11) is 0. The van der Waals surface area contributed by atoms with Crippen LogP contribution < -0.4 is 15.5 Å². The minimum absolute atomic E-state index is 0.440. The lowest BCUT2D eigenvalue weighted by Crippen LogP contribution is -2.01. The maximum absolute atomic E-state index is 6.43. The first-order chi connectivity index (χ1) is 12.3.